The second-order valence-electron chi connectivity index (χ2n) is 11.5. The van der Waals surface area contributed by atoms with Gasteiger partial charge in [-0.2, -0.15) is 0 Å². The summed E-state index contributed by atoms with van der Waals surface area (Å²) in [5, 5.41) is 14.9. The number of aromatic nitrogens is 3. The second-order valence-corrected chi connectivity index (χ2v) is 12.2. The molecule has 1 spiro atoms. The summed E-state index contributed by atoms with van der Waals surface area (Å²) in [4.78, 5) is 25.2. The summed E-state index contributed by atoms with van der Waals surface area (Å²) in [7, 11) is 0. The smallest absolute Gasteiger partial charge is 0.223 e. The van der Waals surface area contributed by atoms with Crippen molar-refractivity contribution in [3.8, 4) is 11.3 Å². The molecule has 11 heteroatoms. The van der Waals surface area contributed by atoms with Gasteiger partial charge in [0.1, 0.15) is 0 Å². The molecule has 2 aromatic heterocycles. The summed E-state index contributed by atoms with van der Waals surface area (Å²) in [6.45, 7) is 9.88. The van der Waals surface area contributed by atoms with E-state index < -0.39 is 6.10 Å². The normalized spacial score (nSPS) is 22.8. The van der Waals surface area contributed by atoms with Crippen LogP contribution in [0.1, 0.15) is 50.4 Å². The zero-order valence-electron chi connectivity index (χ0n) is 23.0. The fourth-order valence-electron chi connectivity index (χ4n) is 6.06. The maximum Gasteiger partial charge on any atom is 0.223 e. The molecular weight excluding hydrogens is 553 g/mol. The average molecular weight is 589 g/mol. The first-order chi connectivity index (χ1) is 19.2. The molecule has 0 bridgehead atoms. The highest BCUT2D eigenvalue weighted by atomic mass is 35.5. The number of halogens is 2. The van der Waals surface area contributed by atoms with Crippen LogP contribution >= 0.6 is 23.2 Å². The number of anilines is 1. The molecule has 1 aromatic carbocycles. The molecule has 214 valence electrons. The van der Waals surface area contributed by atoms with Crippen LogP contribution in [0.5, 0.6) is 0 Å². The Morgan fingerprint density at radius 1 is 1.23 bits per heavy atom. The molecule has 0 amide bonds. The molecule has 9 nitrogen and oxygen atoms in total. The minimum absolute atomic E-state index is 0.0156. The molecule has 6 rings (SSSR count). The number of fused-ring (bicyclic) bond motifs is 1. The minimum atomic E-state index is -0.663. The fourth-order valence-corrected chi connectivity index (χ4v) is 6.60. The Morgan fingerprint density at radius 3 is 2.75 bits per heavy atom. The number of pyridine rings is 1. The lowest BCUT2D eigenvalue weighted by molar-refractivity contribution is -0.0256. The van der Waals surface area contributed by atoms with Crippen molar-refractivity contribution in [3.05, 3.63) is 49.9 Å². The summed E-state index contributed by atoms with van der Waals surface area (Å²) in [5.74, 6) is 0.342. The van der Waals surface area contributed by atoms with Crippen LogP contribution in [0.2, 0.25) is 10.0 Å². The van der Waals surface area contributed by atoms with Gasteiger partial charge in [-0.25, -0.2) is 9.97 Å². The molecule has 3 aliphatic rings. The Hall–Kier alpha value is -2.27. The predicted octanol–water partition coefficient (Wildman–Crippen LogP) is 4.58. The molecule has 40 heavy (non-hydrogen) atoms. The third-order valence-electron chi connectivity index (χ3n) is 8.54. The van der Waals surface area contributed by atoms with Gasteiger partial charge in [0.2, 0.25) is 5.95 Å². The summed E-state index contributed by atoms with van der Waals surface area (Å²) >= 11 is 13.8. The van der Waals surface area contributed by atoms with Gasteiger partial charge in [-0.15, -0.1) is 0 Å². The molecule has 2 N–H and O–H groups in total. The summed E-state index contributed by atoms with van der Waals surface area (Å²) < 4.78 is 13.3. The molecule has 1 saturated carbocycles. The largest absolute Gasteiger partial charge is 0.389 e. The zero-order chi connectivity index (χ0) is 28.2. The van der Waals surface area contributed by atoms with Crippen molar-refractivity contribution >= 4 is 40.1 Å². The van der Waals surface area contributed by atoms with Crippen LogP contribution in [0.25, 0.3) is 22.2 Å². The van der Waals surface area contributed by atoms with E-state index in [1.54, 1.807) is 6.07 Å². The number of aliphatic hydroxyl groups is 1. The number of aliphatic hydroxyl groups excluding tert-OH is 1. The third-order valence-corrected chi connectivity index (χ3v) is 9.20. The van der Waals surface area contributed by atoms with Gasteiger partial charge in [-0.05, 0) is 46.1 Å². The van der Waals surface area contributed by atoms with Crippen LogP contribution in [0.15, 0.2) is 23.1 Å². The second kappa shape index (κ2) is 10.9. The third kappa shape index (κ3) is 4.91. The lowest BCUT2D eigenvalue weighted by Crippen LogP contribution is -2.47. The monoisotopic (exact) mass is 587 g/mol. The van der Waals surface area contributed by atoms with E-state index in [9.17, 15) is 9.90 Å². The van der Waals surface area contributed by atoms with E-state index in [4.69, 9.17) is 37.7 Å². The van der Waals surface area contributed by atoms with Gasteiger partial charge >= 0.3 is 0 Å². The van der Waals surface area contributed by atoms with Crippen molar-refractivity contribution in [2.24, 2.45) is 0 Å². The fraction of sp³-hybridized carbons (Fsp3) is 0.552. The SMILES string of the molecule is Cc1c(CN2CCOCC23CC3)n(C(C)C)c2c(Cl)c(-c3nc(N[C@@H]4CCOC[C@H]4O)ncc3Cl)ccc2c1=O. The van der Waals surface area contributed by atoms with Crippen LogP contribution in [-0.4, -0.2) is 75.2 Å². The van der Waals surface area contributed by atoms with Gasteiger partial charge in [-0.3, -0.25) is 9.69 Å². The van der Waals surface area contributed by atoms with Crippen molar-refractivity contribution in [3.63, 3.8) is 0 Å². The Kier molecular flexibility index (Phi) is 7.56. The molecule has 2 atom stereocenters. The van der Waals surface area contributed by atoms with Crippen LogP contribution < -0.4 is 10.7 Å². The van der Waals surface area contributed by atoms with Gasteiger partial charge in [0.25, 0.3) is 0 Å². The Balaban J connectivity index is 1.46. The topological polar surface area (TPSA) is 102 Å². The molecule has 3 aromatic rings. The molecule has 3 fully saturated rings. The van der Waals surface area contributed by atoms with E-state index in [0.29, 0.717) is 64.3 Å². The van der Waals surface area contributed by atoms with Crippen LogP contribution in [0.4, 0.5) is 5.95 Å². The highest BCUT2D eigenvalue weighted by Crippen LogP contribution is 2.45. The Morgan fingerprint density at radius 2 is 2.02 bits per heavy atom. The highest BCUT2D eigenvalue weighted by molar-refractivity contribution is 6.39. The lowest BCUT2D eigenvalue weighted by atomic mass is 10.0. The molecule has 0 unspecified atom stereocenters. The van der Waals surface area contributed by atoms with Crippen LogP contribution in [-0.2, 0) is 16.0 Å². The number of benzene rings is 1. The van der Waals surface area contributed by atoms with Crippen molar-refractivity contribution in [2.45, 2.75) is 70.3 Å². The van der Waals surface area contributed by atoms with Gasteiger partial charge in [-0.1, -0.05) is 29.3 Å². The Labute approximate surface area is 243 Å². The van der Waals surface area contributed by atoms with Gasteiger partial charge in [0.15, 0.2) is 5.43 Å². The zero-order valence-corrected chi connectivity index (χ0v) is 24.6. The maximum absolute atomic E-state index is 13.7. The first-order valence-electron chi connectivity index (χ1n) is 13.9. The molecular formula is C29H35Cl2N5O4. The van der Waals surface area contributed by atoms with Gasteiger partial charge in [0, 0.05) is 53.5 Å². The van der Waals surface area contributed by atoms with Gasteiger partial charge < -0.3 is 24.5 Å². The van der Waals surface area contributed by atoms with E-state index in [0.717, 1.165) is 37.3 Å². The van der Waals surface area contributed by atoms with E-state index in [2.05, 4.69) is 33.6 Å². The number of rotatable bonds is 6. The first kappa shape index (κ1) is 27.9. The van der Waals surface area contributed by atoms with E-state index in [1.165, 1.54) is 6.20 Å². The van der Waals surface area contributed by atoms with Crippen LogP contribution in [0, 0.1) is 6.92 Å². The number of hydrogen-bond acceptors (Lipinski definition) is 8. The van der Waals surface area contributed by atoms with E-state index in [1.807, 2.05) is 13.0 Å². The minimum Gasteiger partial charge on any atom is -0.389 e. The van der Waals surface area contributed by atoms with Crippen molar-refractivity contribution in [1.29, 1.82) is 0 Å². The van der Waals surface area contributed by atoms with Crippen molar-refractivity contribution in [1.82, 2.24) is 19.4 Å². The molecule has 0 radical (unpaired) electrons. The maximum atomic E-state index is 13.7. The predicted molar refractivity (Wildman–Crippen MR) is 156 cm³/mol. The number of hydrogen-bond donors (Lipinski definition) is 2. The number of nitrogens with one attached hydrogen (secondary N) is 1. The number of nitrogens with zero attached hydrogens (tertiary/aromatic N) is 4. The summed E-state index contributed by atoms with van der Waals surface area (Å²) in [6.07, 6.45) is 3.73. The summed E-state index contributed by atoms with van der Waals surface area (Å²) in [5.41, 5.74) is 3.55. The highest BCUT2D eigenvalue weighted by Gasteiger charge is 2.50. The Bertz CT molecular complexity index is 1510. The molecule has 1 aliphatic carbocycles. The lowest BCUT2D eigenvalue weighted by Gasteiger charge is -2.37. The standard InChI is InChI=1S/C29H35Cl2N5O4/c1-16(2)36-22(13-35-9-11-40-15-29(35)7-8-29)17(3)27(38)19-5-4-18(24(31)26(19)36)25-20(30)12-32-28(34-25)33-21-6-10-39-14-23(21)37/h4-5,12,16,21,23,37H,6-11,13-15H2,1-3H3,(H,32,33,34)/t21-,23-/m1/s1. The van der Waals surface area contributed by atoms with Gasteiger partial charge in [0.05, 0.1) is 59.4 Å². The number of morpholine rings is 1. The average Bonchev–Trinajstić information content (AvgIpc) is 3.71. The molecule has 2 aliphatic heterocycles. The molecule has 2 saturated heterocycles. The molecule has 4 heterocycles. The van der Waals surface area contributed by atoms with Crippen molar-refractivity contribution < 1.29 is 14.6 Å². The van der Waals surface area contributed by atoms with Crippen molar-refractivity contribution in [2.75, 3.05) is 38.3 Å². The van der Waals surface area contributed by atoms with E-state index >= 15 is 0 Å². The number of ether oxygens (including phenoxy) is 2. The van der Waals surface area contributed by atoms with E-state index in [-0.39, 0.29) is 29.7 Å². The van der Waals surface area contributed by atoms with Crippen LogP contribution in [0.3, 0.4) is 0 Å². The first-order valence-corrected chi connectivity index (χ1v) is 14.7. The summed E-state index contributed by atoms with van der Waals surface area (Å²) in [6, 6.07) is 3.44. The quantitative estimate of drug-likeness (QED) is 0.432.